The predicted octanol–water partition coefficient (Wildman–Crippen LogP) is 4.56. The summed E-state index contributed by atoms with van der Waals surface area (Å²) in [6, 6.07) is 21.2. The standard InChI is InChI=1S/C27H32N4OS/c1-20-6-9-22(31-25(32)19-28-2)17-24(20)27(12-15-29-16-13-27)18-21-7-10-23(11-8-21)33-26-5-3-4-14-30-26/h3-11,14,17,28-29H,12-13,15-16,18-19H2,1-2H3,(H,31,32). The molecule has 2 heterocycles. The van der Waals surface area contributed by atoms with Crippen LogP contribution in [0, 0.1) is 6.92 Å². The Kier molecular flexibility index (Phi) is 7.81. The summed E-state index contributed by atoms with van der Waals surface area (Å²) in [6.07, 6.45) is 4.96. The lowest BCUT2D eigenvalue weighted by atomic mass is 9.68. The second-order valence-electron chi connectivity index (χ2n) is 8.73. The Morgan fingerprint density at radius 3 is 2.58 bits per heavy atom. The van der Waals surface area contributed by atoms with Gasteiger partial charge in [0.2, 0.25) is 5.91 Å². The maximum atomic E-state index is 12.1. The summed E-state index contributed by atoms with van der Waals surface area (Å²) < 4.78 is 0. The van der Waals surface area contributed by atoms with Crippen molar-refractivity contribution in [3.8, 4) is 0 Å². The molecule has 0 bridgehead atoms. The number of rotatable bonds is 8. The van der Waals surface area contributed by atoms with E-state index in [0.717, 1.165) is 43.1 Å². The number of likely N-dealkylation sites (N-methyl/N-ethyl adjacent to an activating group) is 1. The summed E-state index contributed by atoms with van der Waals surface area (Å²) in [5, 5.41) is 10.5. The molecule has 4 rings (SSSR count). The molecule has 1 amide bonds. The molecule has 1 saturated heterocycles. The Hall–Kier alpha value is -2.67. The molecule has 1 aliphatic rings. The van der Waals surface area contributed by atoms with Crippen LogP contribution in [0.5, 0.6) is 0 Å². The predicted molar refractivity (Wildman–Crippen MR) is 136 cm³/mol. The Labute approximate surface area is 200 Å². The molecule has 172 valence electrons. The smallest absolute Gasteiger partial charge is 0.238 e. The van der Waals surface area contributed by atoms with Gasteiger partial charge in [-0.2, -0.15) is 0 Å². The van der Waals surface area contributed by atoms with Gasteiger partial charge in [-0.15, -0.1) is 0 Å². The number of anilines is 1. The molecular formula is C27H32N4OS. The van der Waals surface area contributed by atoms with Crippen molar-refractivity contribution in [3.05, 3.63) is 83.6 Å². The van der Waals surface area contributed by atoms with E-state index in [-0.39, 0.29) is 11.3 Å². The first-order valence-electron chi connectivity index (χ1n) is 11.5. The lowest BCUT2D eigenvalue weighted by Gasteiger charge is -2.40. The van der Waals surface area contributed by atoms with Crippen LogP contribution in [0.4, 0.5) is 5.69 Å². The van der Waals surface area contributed by atoms with E-state index in [0.29, 0.717) is 6.54 Å². The zero-order chi connectivity index (χ0) is 23.1. The van der Waals surface area contributed by atoms with Crippen molar-refractivity contribution in [2.24, 2.45) is 0 Å². The molecule has 33 heavy (non-hydrogen) atoms. The van der Waals surface area contributed by atoms with Gasteiger partial charge in [0.15, 0.2) is 0 Å². The highest BCUT2D eigenvalue weighted by Crippen LogP contribution is 2.40. The highest BCUT2D eigenvalue weighted by molar-refractivity contribution is 7.99. The van der Waals surface area contributed by atoms with Gasteiger partial charge >= 0.3 is 0 Å². The van der Waals surface area contributed by atoms with Gasteiger partial charge in [-0.25, -0.2) is 4.98 Å². The number of hydrogen-bond acceptors (Lipinski definition) is 5. The fourth-order valence-electron chi connectivity index (χ4n) is 4.68. The summed E-state index contributed by atoms with van der Waals surface area (Å²) >= 11 is 1.69. The SMILES string of the molecule is CNCC(=O)Nc1ccc(C)c(C2(Cc3ccc(Sc4ccccn4)cc3)CCNCC2)c1. The van der Waals surface area contributed by atoms with Crippen LogP contribution in [0.3, 0.4) is 0 Å². The third-order valence-electron chi connectivity index (χ3n) is 6.32. The largest absolute Gasteiger partial charge is 0.325 e. The van der Waals surface area contributed by atoms with E-state index >= 15 is 0 Å². The monoisotopic (exact) mass is 460 g/mol. The van der Waals surface area contributed by atoms with Gasteiger partial charge in [0.1, 0.15) is 5.03 Å². The molecule has 1 aromatic heterocycles. The van der Waals surface area contributed by atoms with E-state index in [1.54, 1.807) is 18.8 Å². The molecule has 0 aliphatic carbocycles. The Bertz CT molecular complexity index is 1060. The number of nitrogens with one attached hydrogen (secondary N) is 3. The van der Waals surface area contributed by atoms with E-state index in [2.05, 4.69) is 64.3 Å². The van der Waals surface area contributed by atoms with E-state index in [4.69, 9.17) is 0 Å². The van der Waals surface area contributed by atoms with Gasteiger partial charge in [-0.1, -0.05) is 36.0 Å². The van der Waals surface area contributed by atoms with Crippen LogP contribution in [0.25, 0.3) is 0 Å². The summed E-state index contributed by atoms with van der Waals surface area (Å²) in [7, 11) is 1.78. The molecule has 1 aliphatic heterocycles. The molecule has 3 aromatic rings. The molecule has 6 heteroatoms. The highest BCUT2D eigenvalue weighted by atomic mass is 32.2. The minimum Gasteiger partial charge on any atom is -0.325 e. The van der Waals surface area contributed by atoms with Gasteiger partial charge in [0.25, 0.3) is 0 Å². The molecular weight excluding hydrogens is 428 g/mol. The van der Waals surface area contributed by atoms with E-state index in [1.165, 1.54) is 21.6 Å². The molecule has 1 fully saturated rings. The fraction of sp³-hybridized carbons (Fsp3) is 0.333. The van der Waals surface area contributed by atoms with Crippen molar-refractivity contribution in [3.63, 3.8) is 0 Å². The van der Waals surface area contributed by atoms with Crippen LogP contribution in [-0.4, -0.2) is 37.6 Å². The number of carbonyl (C=O) groups is 1. The molecule has 2 aromatic carbocycles. The molecule has 0 unspecified atom stereocenters. The lowest BCUT2D eigenvalue weighted by molar-refractivity contribution is -0.115. The van der Waals surface area contributed by atoms with E-state index in [9.17, 15) is 4.79 Å². The summed E-state index contributed by atoms with van der Waals surface area (Å²) in [6.45, 7) is 4.50. The lowest BCUT2D eigenvalue weighted by Crippen LogP contribution is -2.42. The summed E-state index contributed by atoms with van der Waals surface area (Å²) in [4.78, 5) is 17.7. The van der Waals surface area contributed by atoms with Crippen molar-refractivity contribution < 1.29 is 4.79 Å². The topological polar surface area (TPSA) is 66.0 Å². The highest BCUT2D eigenvalue weighted by Gasteiger charge is 2.35. The third kappa shape index (κ3) is 6.02. The first-order valence-corrected chi connectivity index (χ1v) is 12.3. The second kappa shape index (κ2) is 11.0. The number of amides is 1. The number of piperidine rings is 1. The number of nitrogens with zero attached hydrogens (tertiary/aromatic N) is 1. The fourth-order valence-corrected chi connectivity index (χ4v) is 5.45. The first-order chi connectivity index (χ1) is 16.1. The van der Waals surface area contributed by atoms with Crippen LogP contribution in [0.2, 0.25) is 0 Å². The van der Waals surface area contributed by atoms with Crippen LogP contribution in [0.1, 0.15) is 29.5 Å². The average molecular weight is 461 g/mol. The third-order valence-corrected chi connectivity index (χ3v) is 7.28. The maximum Gasteiger partial charge on any atom is 0.238 e. The molecule has 3 N–H and O–H groups in total. The van der Waals surface area contributed by atoms with Crippen molar-refractivity contribution in [1.29, 1.82) is 0 Å². The first kappa shape index (κ1) is 23.5. The number of carbonyl (C=O) groups excluding carboxylic acids is 1. The number of hydrogen-bond donors (Lipinski definition) is 3. The van der Waals surface area contributed by atoms with Crippen LogP contribution >= 0.6 is 11.8 Å². The molecule has 5 nitrogen and oxygen atoms in total. The Balaban J connectivity index is 1.57. The minimum absolute atomic E-state index is 0.0207. The van der Waals surface area contributed by atoms with Gasteiger partial charge in [0, 0.05) is 22.2 Å². The van der Waals surface area contributed by atoms with E-state index in [1.807, 2.05) is 30.5 Å². The normalized spacial score (nSPS) is 15.2. The molecule has 0 spiro atoms. The summed E-state index contributed by atoms with van der Waals surface area (Å²) in [5.41, 5.74) is 4.89. The molecule has 0 radical (unpaired) electrons. The number of pyridine rings is 1. The van der Waals surface area contributed by atoms with Crippen molar-refractivity contribution in [2.45, 2.75) is 41.5 Å². The molecule has 0 saturated carbocycles. The number of benzene rings is 2. The zero-order valence-corrected chi connectivity index (χ0v) is 20.2. The van der Waals surface area contributed by atoms with Crippen LogP contribution in [-0.2, 0) is 16.6 Å². The maximum absolute atomic E-state index is 12.1. The minimum atomic E-state index is -0.0207. The van der Waals surface area contributed by atoms with Crippen LogP contribution in [0.15, 0.2) is 76.8 Å². The van der Waals surface area contributed by atoms with Gasteiger partial charge in [-0.3, -0.25) is 4.79 Å². The summed E-state index contributed by atoms with van der Waals surface area (Å²) in [5.74, 6) is -0.0207. The number of aromatic nitrogens is 1. The van der Waals surface area contributed by atoms with Gasteiger partial charge in [0.05, 0.1) is 6.54 Å². The van der Waals surface area contributed by atoms with Crippen molar-refractivity contribution in [1.82, 2.24) is 15.6 Å². The quantitative estimate of drug-likeness (QED) is 0.460. The Morgan fingerprint density at radius 2 is 1.88 bits per heavy atom. The van der Waals surface area contributed by atoms with Crippen LogP contribution < -0.4 is 16.0 Å². The van der Waals surface area contributed by atoms with Gasteiger partial charge < -0.3 is 16.0 Å². The zero-order valence-electron chi connectivity index (χ0n) is 19.4. The number of aryl methyl sites for hydroxylation is 1. The van der Waals surface area contributed by atoms with Gasteiger partial charge in [-0.05, 0) is 99.4 Å². The average Bonchev–Trinajstić information content (AvgIpc) is 2.83. The second-order valence-corrected chi connectivity index (χ2v) is 9.82. The Morgan fingerprint density at radius 1 is 1.09 bits per heavy atom. The van der Waals surface area contributed by atoms with Crippen molar-refractivity contribution >= 4 is 23.4 Å². The van der Waals surface area contributed by atoms with Crippen molar-refractivity contribution in [2.75, 3.05) is 32.0 Å². The van der Waals surface area contributed by atoms with E-state index < -0.39 is 0 Å². The molecule has 0 atom stereocenters.